The van der Waals surface area contributed by atoms with E-state index in [-0.39, 0.29) is 0 Å². The fraction of sp³-hybridized carbons (Fsp3) is 0.478. The number of hydrogen-bond donors (Lipinski definition) is 1. The molecular formula is C23H30N2O. The number of rotatable bonds is 4. The van der Waals surface area contributed by atoms with Crippen LogP contribution in [0.5, 0.6) is 5.75 Å². The lowest BCUT2D eigenvalue weighted by atomic mass is 9.90. The zero-order valence-electron chi connectivity index (χ0n) is 15.6. The van der Waals surface area contributed by atoms with Crippen molar-refractivity contribution in [2.75, 3.05) is 36.0 Å². The van der Waals surface area contributed by atoms with Crippen LogP contribution in [-0.2, 0) is 6.42 Å². The molecule has 138 valence electrons. The largest absolute Gasteiger partial charge is 0.506 e. The van der Waals surface area contributed by atoms with Crippen LogP contribution in [0.2, 0.25) is 0 Å². The Morgan fingerprint density at radius 3 is 2.27 bits per heavy atom. The van der Waals surface area contributed by atoms with Crippen LogP contribution in [0.25, 0.3) is 0 Å². The third-order valence-electron chi connectivity index (χ3n) is 6.00. The van der Waals surface area contributed by atoms with Crippen LogP contribution < -0.4 is 9.80 Å². The maximum absolute atomic E-state index is 10.4. The molecule has 0 atom stereocenters. The van der Waals surface area contributed by atoms with Gasteiger partial charge in [-0.15, -0.1) is 0 Å². The fourth-order valence-corrected chi connectivity index (χ4v) is 4.44. The van der Waals surface area contributed by atoms with E-state index in [0.717, 1.165) is 37.8 Å². The number of hydrogen-bond acceptors (Lipinski definition) is 3. The molecule has 2 aromatic rings. The lowest BCUT2D eigenvalue weighted by Gasteiger charge is -2.35. The molecule has 0 spiro atoms. The van der Waals surface area contributed by atoms with Crippen LogP contribution in [0, 0.1) is 5.92 Å². The highest BCUT2D eigenvalue weighted by molar-refractivity contribution is 5.66. The maximum Gasteiger partial charge on any atom is 0.139 e. The van der Waals surface area contributed by atoms with Crippen LogP contribution in [-0.4, -0.2) is 31.3 Å². The van der Waals surface area contributed by atoms with Crippen molar-refractivity contribution in [2.24, 2.45) is 5.92 Å². The van der Waals surface area contributed by atoms with Crippen molar-refractivity contribution >= 4 is 11.4 Å². The normalized spacial score (nSPS) is 18.9. The number of phenols is 1. The monoisotopic (exact) mass is 350 g/mol. The van der Waals surface area contributed by atoms with Gasteiger partial charge >= 0.3 is 0 Å². The van der Waals surface area contributed by atoms with E-state index in [9.17, 15) is 5.11 Å². The quantitative estimate of drug-likeness (QED) is 0.854. The summed E-state index contributed by atoms with van der Waals surface area (Å²) in [6.07, 6.45) is 7.47. The minimum absolute atomic E-state index is 0.423. The summed E-state index contributed by atoms with van der Waals surface area (Å²) in [5.74, 6) is 1.17. The van der Waals surface area contributed by atoms with E-state index >= 15 is 0 Å². The van der Waals surface area contributed by atoms with Crippen LogP contribution in [0.3, 0.4) is 0 Å². The number of aromatic hydroxyl groups is 1. The number of nitrogens with zero attached hydrogens (tertiary/aromatic N) is 2. The molecule has 0 bridgehead atoms. The van der Waals surface area contributed by atoms with Gasteiger partial charge in [-0.3, -0.25) is 0 Å². The molecule has 0 amide bonds. The molecule has 0 aliphatic carbocycles. The molecule has 4 rings (SSSR count). The Morgan fingerprint density at radius 2 is 1.54 bits per heavy atom. The Balaban J connectivity index is 1.40. The van der Waals surface area contributed by atoms with Crippen LogP contribution >= 0.6 is 0 Å². The molecule has 0 unspecified atom stereocenters. The van der Waals surface area contributed by atoms with Crippen LogP contribution in [0.4, 0.5) is 11.4 Å². The standard InChI is InChI=1S/C23H30N2O/c26-23-10-9-21(24-13-5-2-6-14-24)18-22(23)25-15-11-20(12-16-25)17-19-7-3-1-4-8-19/h1,3-4,7-10,18,20,26H,2,5-6,11-17H2. The lowest BCUT2D eigenvalue weighted by Crippen LogP contribution is -2.35. The number of benzene rings is 2. The van der Waals surface area contributed by atoms with Gasteiger partial charge in [0.25, 0.3) is 0 Å². The van der Waals surface area contributed by atoms with Crippen molar-refractivity contribution in [3.8, 4) is 5.75 Å². The highest BCUT2D eigenvalue weighted by Crippen LogP contribution is 2.35. The van der Waals surface area contributed by atoms with E-state index < -0.39 is 0 Å². The van der Waals surface area contributed by atoms with Gasteiger partial charge in [0.2, 0.25) is 0 Å². The summed E-state index contributed by atoms with van der Waals surface area (Å²) >= 11 is 0. The van der Waals surface area contributed by atoms with Crippen molar-refractivity contribution in [2.45, 2.75) is 38.5 Å². The van der Waals surface area contributed by atoms with Crippen LogP contribution in [0.15, 0.2) is 48.5 Å². The first-order valence-electron chi connectivity index (χ1n) is 10.2. The summed E-state index contributed by atoms with van der Waals surface area (Å²) in [4.78, 5) is 4.85. The lowest BCUT2D eigenvalue weighted by molar-refractivity contribution is 0.398. The molecule has 2 aromatic carbocycles. The van der Waals surface area contributed by atoms with Crippen molar-refractivity contribution in [3.05, 3.63) is 54.1 Å². The maximum atomic E-state index is 10.4. The molecule has 2 fully saturated rings. The van der Waals surface area contributed by atoms with Crippen molar-refractivity contribution in [1.82, 2.24) is 0 Å². The second-order valence-corrected chi connectivity index (χ2v) is 7.84. The molecule has 26 heavy (non-hydrogen) atoms. The SMILES string of the molecule is Oc1ccc(N2CCCCC2)cc1N1CCC(Cc2ccccc2)CC1. The Labute approximate surface area is 157 Å². The summed E-state index contributed by atoms with van der Waals surface area (Å²) in [7, 11) is 0. The molecule has 1 N–H and O–H groups in total. The zero-order chi connectivity index (χ0) is 17.8. The fourth-order valence-electron chi connectivity index (χ4n) is 4.44. The third kappa shape index (κ3) is 3.98. The molecule has 3 nitrogen and oxygen atoms in total. The summed E-state index contributed by atoms with van der Waals surface area (Å²) < 4.78 is 0. The van der Waals surface area contributed by atoms with E-state index in [4.69, 9.17) is 0 Å². The highest BCUT2D eigenvalue weighted by Gasteiger charge is 2.22. The molecule has 2 aliphatic rings. The molecular weight excluding hydrogens is 320 g/mol. The van der Waals surface area contributed by atoms with Gasteiger partial charge < -0.3 is 14.9 Å². The summed E-state index contributed by atoms with van der Waals surface area (Å²) in [6.45, 7) is 4.36. The first-order valence-corrected chi connectivity index (χ1v) is 10.2. The van der Waals surface area contributed by atoms with Crippen molar-refractivity contribution < 1.29 is 5.11 Å². The second kappa shape index (κ2) is 8.03. The average molecular weight is 351 g/mol. The molecule has 2 saturated heterocycles. The van der Waals surface area contributed by atoms with Gasteiger partial charge in [0.15, 0.2) is 0 Å². The van der Waals surface area contributed by atoms with Gasteiger partial charge in [-0.1, -0.05) is 30.3 Å². The van der Waals surface area contributed by atoms with Crippen molar-refractivity contribution in [1.29, 1.82) is 0 Å². The predicted octanol–water partition coefficient (Wildman–Crippen LogP) is 4.84. The van der Waals surface area contributed by atoms with E-state index in [1.54, 1.807) is 0 Å². The van der Waals surface area contributed by atoms with Crippen LogP contribution in [0.1, 0.15) is 37.7 Å². The van der Waals surface area contributed by atoms with Gasteiger partial charge in [0, 0.05) is 31.9 Å². The van der Waals surface area contributed by atoms with Gasteiger partial charge in [-0.05, 0) is 68.2 Å². The Bertz CT molecular complexity index is 701. The average Bonchev–Trinajstić information content (AvgIpc) is 2.71. The minimum Gasteiger partial charge on any atom is -0.506 e. The predicted molar refractivity (Wildman–Crippen MR) is 109 cm³/mol. The first kappa shape index (κ1) is 17.3. The summed E-state index contributed by atoms with van der Waals surface area (Å²) in [5, 5.41) is 10.4. The topological polar surface area (TPSA) is 26.7 Å². The molecule has 0 saturated carbocycles. The number of piperidine rings is 2. The van der Waals surface area contributed by atoms with E-state index in [1.807, 2.05) is 6.07 Å². The smallest absolute Gasteiger partial charge is 0.139 e. The highest BCUT2D eigenvalue weighted by atomic mass is 16.3. The molecule has 0 radical (unpaired) electrons. The number of anilines is 2. The molecule has 0 aromatic heterocycles. The molecule has 2 heterocycles. The van der Waals surface area contributed by atoms with Gasteiger partial charge in [-0.2, -0.15) is 0 Å². The van der Waals surface area contributed by atoms with E-state index in [2.05, 4.69) is 52.3 Å². The summed E-state index contributed by atoms with van der Waals surface area (Å²) in [5.41, 5.74) is 3.73. The van der Waals surface area contributed by atoms with Gasteiger partial charge in [0.1, 0.15) is 5.75 Å². The summed E-state index contributed by atoms with van der Waals surface area (Å²) in [6, 6.07) is 17.0. The molecule has 3 heteroatoms. The Kier molecular flexibility index (Phi) is 5.33. The minimum atomic E-state index is 0.423. The third-order valence-corrected chi connectivity index (χ3v) is 6.00. The zero-order valence-corrected chi connectivity index (χ0v) is 15.6. The molecule has 2 aliphatic heterocycles. The van der Waals surface area contributed by atoms with E-state index in [0.29, 0.717) is 5.75 Å². The second-order valence-electron chi connectivity index (χ2n) is 7.84. The Hall–Kier alpha value is -2.16. The first-order chi connectivity index (χ1) is 12.8. The Morgan fingerprint density at radius 1 is 0.808 bits per heavy atom. The van der Waals surface area contributed by atoms with Gasteiger partial charge in [0.05, 0.1) is 5.69 Å². The number of phenolic OH excluding ortho intramolecular Hbond substituents is 1. The van der Waals surface area contributed by atoms with Gasteiger partial charge in [-0.25, -0.2) is 0 Å². The van der Waals surface area contributed by atoms with E-state index in [1.165, 1.54) is 49.8 Å². The van der Waals surface area contributed by atoms with Crippen molar-refractivity contribution in [3.63, 3.8) is 0 Å².